The zero-order valence-corrected chi connectivity index (χ0v) is 13.2. The van der Waals surface area contributed by atoms with E-state index in [4.69, 9.17) is 4.74 Å². The van der Waals surface area contributed by atoms with Crippen molar-refractivity contribution in [3.8, 4) is 0 Å². The van der Waals surface area contributed by atoms with Gasteiger partial charge in [-0.15, -0.1) is 0 Å². The molecule has 20 heavy (non-hydrogen) atoms. The zero-order chi connectivity index (χ0) is 14.8. The van der Waals surface area contributed by atoms with Crippen molar-refractivity contribution in [2.75, 3.05) is 7.11 Å². The van der Waals surface area contributed by atoms with E-state index >= 15 is 0 Å². The van der Waals surface area contributed by atoms with E-state index in [1.54, 1.807) is 0 Å². The summed E-state index contributed by atoms with van der Waals surface area (Å²) in [5, 5.41) is 10.6. The first-order valence-electron chi connectivity index (χ1n) is 7.05. The lowest BCUT2D eigenvalue weighted by atomic mass is 9.79. The first-order chi connectivity index (χ1) is 9.48. The van der Waals surface area contributed by atoms with E-state index in [0.717, 1.165) is 25.5 Å². The molecule has 2 aliphatic rings. The minimum Gasteiger partial charge on any atom is -0.469 e. The number of aliphatic hydroxyl groups is 1. The number of aldehydes is 1. The summed E-state index contributed by atoms with van der Waals surface area (Å²) < 4.78 is 10.4. The zero-order valence-electron chi connectivity index (χ0n) is 11.6. The summed E-state index contributed by atoms with van der Waals surface area (Å²) in [7, 11) is 1.35. The Morgan fingerprint density at radius 2 is 2.35 bits per heavy atom. The Balaban J connectivity index is 1.91. The highest BCUT2D eigenvalue weighted by molar-refractivity contribution is 9.09. The van der Waals surface area contributed by atoms with Crippen molar-refractivity contribution in [3.05, 3.63) is 0 Å². The van der Waals surface area contributed by atoms with E-state index in [-0.39, 0.29) is 35.2 Å². The second-order valence-corrected chi connectivity index (χ2v) is 6.86. The molecule has 6 heteroatoms. The van der Waals surface area contributed by atoms with Gasteiger partial charge in [-0.3, -0.25) is 4.79 Å². The number of alkyl halides is 1. The standard InChI is InChI=1S/C14H21BrO5/c1-19-13(17)5-4-12(15)14(18)7-10-6-9(8-16)2-3-11(10)20-14/h8-12,18H,2-7H2,1H3. The Labute approximate surface area is 127 Å². The first-order valence-corrected chi connectivity index (χ1v) is 7.96. The van der Waals surface area contributed by atoms with E-state index in [1.807, 2.05) is 0 Å². The Bertz CT molecular complexity index is 375. The van der Waals surface area contributed by atoms with Crippen LogP contribution in [0.4, 0.5) is 0 Å². The van der Waals surface area contributed by atoms with E-state index in [9.17, 15) is 14.7 Å². The predicted molar refractivity (Wildman–Crippen MR) is 75.3 cm³/mol. The third-order valence-corrected chi connectivity index (χ3v) is 5.55. The van der Waals surface area contributed by atoms with E-state index in [1.165, 1.54) is 7.11 Å². The van der Waals surface area contributed by atoms with Gasteiger partial charge in [0, 0.05) is 18.8 Å². The van der Waals surface area contributed by atoms with Crippen molar-refractivity contribution in [1.82, 2.24) is 0 Å². The number of carbonyl (C=O) groups is 2. The highest BCUT2D eigenvalue weighted by atomic mass is 79.9. The van der Waals surface area contributed by atoms with Crippen molar-refractivity contribution in [1.29, 1.82) is 0 Å². The van der Waals surface area contributed by atoms with Crippen LogP contribution in [0.1, 0.15) is 38.5 Å². The number of methoxy groups -OCH3 is 1. The highest BCUT2D eigenvalue weighted by Crippen LogP contribution is 2.46. The normalized spacial score (nSPS) is 38.0. The molecule has 0 spiro atoms. The van der Waals surface area contributed by atoms with Gasteiger partial charge in [-0.25, -0.2) is 0 Å². The van der Waals surface area contributed by atoms with Gasteiger partial charge >= 0.3 is 5.97 Å². The molecule has 5 atom stereocenters. The molecule has 1 aliphatic carbocycles. The molecular formula is C14H21BrO5. The van der Waals surface area contributed by atoms with Gasteiger partial charge < -0.3 is 19.4 Å². The number of halogens is 1. The van der Waals surface area contributed by atoms with Crippen LogP contribution in [0.15, 0.2) is 0 Å². The second-order valence-electron chi connectivity index (χ2n) is 5.76. The van der Waals surface area contributed by atoms with Crippen LogP contribution in [0.2, 0.25) is 0 Å². The van der Waals surface area contributed by atoms with Crippen LogP contribution < -0.4 is 0 Å². The Morgan fingerprint density at radius 1 is 1.60 bits per heavy atom. The summed E-state index contributed by atoms with van der Waals surface area (Å²) in [4.78, 5) is 21.7. The first kappa shape index (κ1) is 15.9. The molecule has 114 valence electrons. The van der Waals surface area contributed by atoms with Crippen LogP contribution in [0, 0.1) is 11.8 Å². The van der Waals surface area contributed by atoms with Crippen molar-refractivity contribution >= 4 is 28.2 Å². The Hall–Kier alpha value is -0.460. The lowest BCUT2D eigenvalue weighted by molar-refractivity contribution is -0.193. The molecule has 0 radical (unpaired) electrons. The minimum atomic E-state index is -1.25. The molecule has 2 rings (SSSR count). The van der Waals surface area contributed by atoms with Gasteiger partial charge in [0.15, 0.2) is 5.79 Å². The third-order valence-electron chi connectivity index (χ3n) is 4.37. The number of hydrogen-bond acceptors (Lipinski definition) is 5. The van der Waals surface area contributed by atoms with E-state index in [2.05, 4.69) is 20.7 Å². The van der Waals surface area contributed by atoms with Crippen LogP contribution in [-0.4, -0.2) is 41.2 Å². The fourth-order valence-electron chi connectivity index (χ4n) is 3.23. The predicted octanol–water partition coefficient (Wildman–Crippen LogP) is 1.80. The minimum absolute atomic E-state index is 0.0226. The number of ether oxygens (including phenoxy) is 2. The molecule has 0 bridgehead atoms. The molecule has 1 saturated carbocycles. The van der Waals surface area contributed by atoms with E-state index in [0.29, 0.717) is 12.8 Å². The molecule has 1 N–H and O–H groups in total. The summed E-state index contributed by atoms with van der Waals surface area (Å²) in [5.41, 5.74) is 0. The molecule has 1 aliphatic heterocycles. The van der Waals surface area contributed by atoms with Gasteiger partial charge in [0.2, 0.25) is 0 Å². The fraction of sp³-hybridized carbons (Fsp3) is 0.857. The van der Waals surface area contributed by atoms with Crippen LogP contribution in [-0.2, 0) is 19.1 Å². The molecule has 1 saturated heterocycles. The quantitative estimate of drug-likeness (QED) is 0.466. The summed E-state index contributed by atoms with van der Waals surface area (Å²) in [6.07, 6.45) is 4.67. The van der Waals surface area contributed by atoms with Crippen molar-refractivity contribution in [2.45, 2.75) is 55.2 Å². The van der Waals surface area contributed by atoms with Gasteiger partial charge in [-0.05, 0) is 31.6 Å². The molecule has 0 aromatic carbocycles. The largest absolute Gasteiger partial charge is 0.469 e. The molecule has 0 aromatic heterocycles. The van der Waals surface area contributed by atoms with Gasteiger partial charge in [0.05, 0.1) is 18.0 Å². The third kappa shape index (κ3) is 3.40. The average molecular weight is 349 g/mol. The maximum atomic E-state index is 11.2. The summed E-state index contributed by atoms with van der Waals surface area (Å²) in [6.45, 7) is 0. The molecule has 0 aromatic rings. The summed E-state index contributed by atoms with van der Waals surface area (Å²) in [5.74, 6) is -1.23. The van der Waals surface area contributed by atoms with Gasteiger partial charge in [-0.2, -0.15) is 0 Å². The topological polar surface area (TPSA) is 72.8 Å². The molecular weight excluding hydrogens is 328 g/mol. The van der Waals surface area contributed by atoms with Crippen LogP contribution >= 0.6 is 15.9 Å². The van der Waals surface area contributed by atoms with Gasteiger partial charge in [0.1, 0.15) is 6.29 Å². The number of carbonyl (C=O) groups excluding carboxylic acids is 2. The summed E-state index contributed by atoms with van der Waals surface area (Å²) >= 11 is 3.43. The monoisotopic (exact) mass is 348 g/mol. The van der Waals surface area contributed by atoms with Crippen LogP contribution in [0.5, 0.6) is 0 Å². The number of fused-ring (bicyclic) bond motifs is 1. The van der Waals surface area contributed by atoms with E-state index < -0.39 is 5.79 Å². The Morgan fingerprint density at radius 3 is 3.00 bits per heavy atom. The van der Waals surface area contributed by atoms with Gasteiger partial charge in [-0.1, -0.05) is 15.9 Å². The van der Waals surface area contributed by atoms with Crippen LogP contribution in [0.3, 0.4) is 0 Å². The summed E-state index contributed by atoms with van der Waals surface area (Å²) in [6, 6.07) is 0. The smallest absolute Gasteiger partial charge is 0.305 e. The SMILES string of the molecule is COC(=O)CCC(Br)C1(O)CC2CC(C=O)CCC2O1. The Kier molecular flexibility index (Phi) is 5.20. The maximum absolute atomic E-state index is 11.2. The van der Waals surface area contributed by atoms with Crippen LogP contribution in [0.25, 0.3) is 0 Å². The molecule has 5 unspecified atom stereocenters. The lowest BCUT2D eigenvalue weighted by Gasteiger charge is -2.29. The maximum Gasteiger partial charge on any atom is 0.305 e. The molecule has 0 amide bonds. The lowest BCUT2D eigenvalue weighted by Crippen LogP contribution is -2.39. The number of hydrogen-bond donors (Lipinski definition) is 1. The number of rotatable bonds is 5. The van der Waals surface area contributed by atoms with Crippen molar-refractivity contribution in [3.63, 3.8) is 0 Å². The highest BCUT2D eigenvalue weighted by Gasteiger charge is 2.50. The average Bonchev–Trinajstić information content (AvgIpc) is 2.80. The van der Waals surface area contributed by atoms with Crippen molar-refractivity contribution in [2.24, 2.45) is 11.8 Å². The molecule has 1 heterocycles. The molecule has 2 fully saturated rings. The van der Waals surface area contributed by atoms with Gasteiger partial charge in [0.25, 0.3) is 0 Å². The second kappa shape index (κ2) is 6.54. The number of esters is 1. The molecule has 5 nitrogen and oxygen atoms in total. The van der Waals surface area contributed by atoms with Crippen molar-refractivity contribution < 1.29 is 24.2 Å². The fourth-order valence-corrected chi connectivity index (χ4v) is 3.75.